The van der Waals surface area contributed by atoms with E-state index in [0.29, 0.717) is 0 Å². The summed E-state index contributed by atoms with van der Waals surface area (Å²) in [6, 6.07) is -1.33. The van der Waals surface area contributed by atoms with Gasteiger partial charge in [0.15, 0.2) is 15.9 Å². The molecule has 0 N–H and O–H groups in total. The quantitative estimate of drug-likeness (QED) is 0.337. The van der Waals surface area contributed by atoms with Crippen LogP contribution in [0.1, 0.15) is 6.92 Å². The summed E-state index contributed by atoms with van der Waals surface area (Å²) >= 11 is 0. The van der Waals surface area contributed by atoms with Crippen molar-refractivity contribution >= 4 is 15.8 Å². The van der Waals surface area contributed by atoms with Crippen molar-refractivity contribution < 1.29 is 22.9 Å². The lowest BCUT2D eigenvalue weighted by Gasteiger charge is -2.10. The summed E-state index contributed by atoms with van der Waals surface area (Å²) in [6.45, 7) is 1.09. The molecule has 1 aliphatic heterocycles. The smallest absolute Gasteiger partial charge is 0.303 e. The molecule has 0 aromatic carbocycles. The number of carbonyl (C=O) groups excluding carboxylic acids is 1. The molecule has 14 heavy (non-hydrogen) atoms. The lowest BCUT2D eigenvalue weighted by Crippen LogP contribution is -2.35. The summed E-state index contributed by atoms with van der Waals surface area (Å²) in [5.41, 5.74) is 0. The Bertz CT molecular complexity index is 361. The van der Waals surface area contributed by atoms with E-state index in [9.17, 15) is 23.3 Å². The van der Waals surface area contributed by atoms with Crippen LogP contribution >= 0.6 is 0 Å². The average Bonchev–Trinajstić information content (AvgIpc) is 2.24. The first-order chi connectivity index (χ1) is 6.32. The molecule has 8 heteroatoms. The van der Waals surface area contributed by atoms with E-state index in [1.54, 1.807) is 0 Å². The maximum Gasteiger partial charge on any atom is 0.303 e. The standard InChI is InChI=1S/C6H9NO6S/c1-4(8)13-6-3-14(11,12)2-5(6)7(9)10/h5-6H,2-3H2,1H3/t5-,6-/m0/s1. The number of hydrogen-bond acceptors (Lipinski definition) is 6. The van der Waals surface area contributed by atoms with Gasteiger partial charge in [-0.3, -0.25) is 14.9 Å². The summed E-state index contributed by atoms with van der Waals surface area (Å²) < 4.78 is 26.6. The van der Waals surface area contributed by atoms with Crippen LogP contribution in [-0.2, 0) is 19.4 Å². The molecule has 0 spiro atoms. The van der Waals surface area contributed by atoms with E-state index in [1.807, 2.05) is 0 Å². The van der Waals surface area contributed by atoms with Crippen LogP contribution in [0, 0.1) is 10.1 Å². The predicted octanol–water partition coefficient (Wildman–Crippen LogP) is -1.01. The van der Waals surface area contributed by atoms with Gasteiger partial charge in [0.1, 0.15) is 5.75 Å². The number of nitrogens with zero attached hydrogens (tertiary/aromatic N) is 1. The number of hydrogen-bond donors (Lipinski definition) is 0. The van der Waals surface area contributed by atoms with Gasteiger partial charge < -0.3 is 4.74 Å². The second-order valence-electron chi connectivity index (χ2n) is 3.08. The van der Waals surface area contributed by atoms with Gasteiger partial charge in [-0.25, -0.2) is 8.42 Å². The Labute approximate surface area is 80.1 Å². The fourth-order valence-corrected chi connectivity index (χ4v) is 3.10. The number of ether oxygens (including phenoxy) is 1. The molecule has 80 valence electrons. The van der Waals surface area contributed by atoms with E-state index >= 15 is 0 Å². The Hall–Kier alpha value is -1.18. The van der Waals surface area contributed by atoms with Gasteiger partial charge in [0.2, 0.25) is 0 Å². The van der Waals surface area contributed by atoms with Crippen LogP contribution in [0.15, 0.2) is 0 Å². The molecule has 0 bridgehead atoms. The van der Waals surface area contributed by atoms with Crippen molar-refractivity contribution in [3.05, 3.63) is 10.1 Å². The third-order valence-corrected chi connectivity index (χ3v) is 3.55. The zero-order chi connectivity index (χ0) is 10.9. The van der Waals surface area contributed by atoms with Crippen LogP contribution in [0.4, 0.5) is 0 Å². The molecule has 0 radical (unpaired) electrons. The van der Waals surface area contributed by atoms with E-state index in [4.69, 9.17) is 0 Å². The summed E-state index contributed by atoms with van der Waals surface area (Å²) in [7, 11) is -3.45. The minimum atomic E-state index is -3.45. The van der Waals surface area contributed by atoms with Crippen molar-refractivity contribution in [1.82, 2.24) is 0 Å². The van der Waals surface area contributed by atoms with Gasteiger partial charge in [0.25, 0.3) is 6.04 Å². The number of nitro groups is 1. The maximum atomic E-state index is 11.0. The highest BCUT2D eigenvalue weighted by Crippen LogP contribution is 2.18. The monoisotopic (exact) mass is 223 g/mol. The molecular formula is C6H9NO6S. The van der Waals surface area contributed by atoms with Crippen molar-refractivity contribution in [2.24, 2.45) is 0 Å². The van der Waals surface area contributed by atoms with E-state index < -0.39 is 44.4 Å². The fourth-order valence-electron chi connectivity index (χ4n) is 1.32. The molecule has 1 aliphatic rings. The van der Waals surface area contributed by atoms with Crippen LogP contribution in [0.3, 0.4) is 0 Å². The molecule has 0 unspecified atom stereocenters. The predicted molar refractivity (Wildman–Crippen MR) is 45.0 cm³/mol. The third kappa shape index (κ3) is 2.41. The van der Waals surface area contributed by atoms with Crippen molar-refractivity contribution in [3.8, 4) is 0 Å². The number of carbonyl (C=O) groups is 1. The molecule has 7 nitrogen and oxygen atoms in total. The van der Waals surface area contributed by atoms with Crippen molar-refractivity contribution in [2.75, 3.05) is 11.5 Å². The molecule has 2 atom stereocenters. The molecule has 1 heterocycles. The van der Waals surface area contributed by atoms with Gasteiger partial charge in [-0.1, -0.05) is 0 Å². The normalized spacial score (nSPS) is 29.8. The molecule has 0 aliphatic carbocycles. The zero-order valence-corrected chi connectivity index (χ0v) is 8.19. The minimum Gasteiger partial charge on any atom is -0.454 e. The van der Waals surface area contributed by atoms with Crippen molar-refractivity contribution in [2.45, 2.75) is 19.1 Å². The molecule has 0 saturated carbocycles. The van der Waals surface area contributed by atoms with Crippen LogP contribution in [-0.4, -0.2) is 43.0 Å². The van der Waals surface area contributed by atoms with Gasteiger partial charge in [-0.05, 0) is 0 Å². The Kier molecular flexibility index (Phi) is 2.74. The van der Waals surface area contributed by atoms with E-state index in [2.05, 4.69) is 4.74 Å². The van der Waals surface area contributed by atoms with Gasteiger partial charge >= 0.3 is 5.97 Å². The molecule has 1 rings (SSSR count). The first-order valence-electron chi connectivity index (χ1n) is 3.83. The molecular weight excluding hydrogens is 214 g/mol. The summed E-state index contributed by atoms with van der Waals surface area (Å²) in [4.78, 5) is 20.2. The van der Waals surface area contributed by atoms with Gasteiger partial charge in [0.05, 0.1) is 5.75 Å². The number of esters is 1. The fraction of sp³-hybridized carbons (Fsp3) is 0.833. The Morgan fingerprint density at radius 1 is 1.50 bits per heavy atom. The molecule has 0 amide bonds. The maximum absolute atomic E-state index is 11.0. The lowest BCUT2D eigenvalue weighted by atomic mass is 10.2. The van der Waals surface area contributed by atoms with Crippen LogP contribution in [0.5, 0.6) is 0 Å². The van der Waals surface area contributed by atoms with Crippen LogP contribution in [0.2, 0.25) is 0 Å². The third-order valence-electron chi connectivity index (χ3n) is 1.86. The summed E-state index contributed by atoms with van der Waals surface area (Å²) in [6.07, 6.45) is -1.15. The van der Waals surface area contributed by atoms with Gasteiger partial charge in [-0.15, -0.1) is 0 Å². The largest absolute Gasteiger partial charge is 0.454 e. The summed E-state index contributed by atoms with van der Waals surface area (Å²) in [5.74, 6) is -1.73. The lowest BCUT2D eigenvalue weighted by molar-refractivity contribution is -0.525. The minimum absolute atomic E-state index is 0.460. The highest BCUT2D eigenvalue weighted by molar-refractivity contribution is 7.91. The van der Waals surface area contributed by atoms with Gasteiger partial charge in [0, 0.05) is 11.8 Å². The highest BCUT2D eigenvalue weighted by Gasteiger charge is 2.47. The Morgan fingerprint density at radius 2 is 2.07 bits per heavy atom. The molecule has 0 aromatic heterocycles. The molecule has 1 saturated heterocycles. The second-order valence-corrected chi connectivity index (χ2v) is 5.23. The van der Waals surface area contributed by atoms with Crippen LogP contribution < -0.4 is 0 Å². The molecule has 1 fully saturated rings. The number of rotatable bonds is 2. The second kappa shape index (κ2) is 3.52. The summed E-state index contributed by atoms with van der Waals surface area (Å²) in [5, 5.41) is 10.4. The van der Waals surface area contributed by atoms with E-state index in [1.165, 1.54) is 0 Å². The molecule has 0 aromatic rings. The topological polar surface area (TPSA) is 104 Å². The van der Waals surface area contributed by atoms with E-state index in [0.717, 1.165) is 6.92 Å². The first-order valence-corrected chi connectivity index (χ1v) is 5.65. The Morgan fingerprint density at radius 3 is 2.50 bits per heavy atom. The zero-order valence-electron chi connectivity index (χ0n) is 7.37. The average molecular weight is 223 g/mol. The first kappa shape index (κ1) is 10.9. The highest BCUT2D eigenvalue weighted by atomic mass is 32.2. The van der Waals surface area contributed by atoms with Crippen LogP contribution in [0.25, 0.3) is 0 Å². The van der Waals surface area contributed by atoms with Gasteiger partial charge in [-0.2, -0.15) is 0 Å². The van der Waals surface area contributed by atoms with E-state index in [-0.39, 0.29) is 0 Å². The van der Waals surface area contributed by atoms with Crippen molar-refractivity contribution in [3.63, 3.8) is 0 Å². The van der Waals surface area contributed by atoms with Crippen molar-refractivity contribution in [1.29, 1.82) is 0 Å². The SMILES string of the molecule is CC(=O)O[C@H]1CS(=O)(=O)C[C@@H]1[N+](=O)[O-]. The Balaban J connectivity index is 2.83. The number of sulfone groups is 1.